The van der Waals surface area contributed by atoms with Gasteiger partial charge in [-0.3, -0.25) is 4.79 Å². The lowest BCUT2D eigenvalue weighted by Gasteiger charge is -2.32. The quantitative estimate of drug-likeness (QED) is 0.757. The van der Waals surface area contributed by atoms with Crippen molar-refractivity contribution in [3.05, 3.63) is 57.1 Å². The monoisotopic (exact) mass is 343 g/mol. The predicted octanol–water partition coefficient (Wildman–Crippen LogP) is 3.92. The molecule has 2 N–H and O–H groups in total. The SMILES string of the molecule is O=C(NCC1(O)CCCc2sccc21)c1cc2ccccc2s1. The predicted molar refractivity (Wildman–Crippen MR) is 95.3 cm³/mol. The van der Waals surface area contributed by atoms with Gasteiger partial charge in [-0.2, -0.15) is 0 Å². The van der Waals surface area contributed by atoms with E-state index in [0.717, 1.165) is 28.5 Å². The molecule has 118 valence electrons. The summed E-state index contributed by atoms with van der Waals surface area (Å²) in [6.07, 6.45) is 2.69. The minimum absolute atomic E-state index is 0.109. The highest BCUT2D eigenvalue weighted by atomic mass is 32.1. The van der Waals surface area contributed by atoms with E-state index in [1.807, 2.05) is 41.8 Å². The van der Waals surface area contributed by atoms with Crippen molar-refractivity contribution in [1.29, 1.82) is 0 Å². The molecule has 5 heteroatoms. The van der Waals surface area contributed by atoms with Gasteiger partial charge in [0.1, 0.15) is 5.60 Å². The number of nitrogens with one attached hydrogen (secondary N) is 1. The summed E-state index contributed by atoms with van der Waals surface area (Å²) in [4.78, 5) is 14.4. The number of amides is 1. The van der Waals surface area contributed by atoms with Crippen LogP contribution in [0.4, 0.5) is 0 Å². The molecule has 0 saturated heterocycles. The zero-order chi connectivity index (χ0) is 15.9. The van der Waals surface area contributed by atoms with E-state index in [-0.39, 0.29) is 12.5 Å². The zero-order valence-electron chi connectivity index (χ0n) is 12.5. The number of aryl methyl sites for hydroxylation is 1. The lowest BCUT2D eigenvalue weighted by atomic mass is 9.83. The van der Waals surface area contributed by atoms with Gasteiger partial charge in [0.25, 0.3) is 5.91 Å². The summed E-state index contributed by atoms with van der Waals surface area (Å²) >= 11 is 3.18. The van der Waals surface area contributed by atoms with Crippen molar-refractivity contribution in [2.75, 3.05) is 6.54 Å². The molecule has 0 aliphatic heterocycles. The van der Waals surface area contributed by atoms with E-state index in [4.69, 9.17) is 0 Å². The van der Waals surface area contributed by atoms with Gasteiger partial charge in [-0.1, -0.05) is 18.2 Å². The summed E-state index contributed by atoms with van der Waals surface area (Å²) in [7, 11) is 0. The fourth-order valence-corrected chi connectivity index (χ4v) is 5.21. The molecule has 4 rings (SSSR count). The van der Waals surface area contributed by atoms with Crippen molar-refractivity contribution in [1.82, 2.24) is 5.32 Å². The Morgan fingerprint density at radius 3 is 3.04 bits per heavy atom. The van der Waals surface area contributed by atoms with Crippen LogP contribution < -0.4 is 5.32 Å². The molecule has 0 fully saturated rings. The molecule has 2 aromatic heterocycles. The number of fused-ring (bicyclic) bond motifs is 2. The first kappa shape index (κ1) is 14.9. The Bertz CT molecular complexity index is 834. The lowest BCUT2D eigenvalue weighted by molar-refractivity contribution is 0.0198. The first-order chi connectivity index (χ1) is 11.2. The molecule has 0 bridgehead atoms. The third-order valence-electron chi connectivity index (χ3n) is 4.43. The highest BCUT2D eigenvalue weighted by molar-refractivity contribution is 7.20. The Balaban J connectivity index is 1.52. The Labute approximate surface area is 142 Å². The topological polar surface area (TPSA) is 49.3 Å². The molecular formula is C18H17NO2S2. The van der Waals surface area contributed by atoms with Crippen molar-refractivity contribution in [3.8, 4) is 0 Å². The van der Waals surface area contributed by atoms with Crippen molar-refractivity contribution in [3.63, 3.8) is 0 Å². The van der Waals surface area contributed by atoms with Gasteiger partial charge in [0.15, 0.2) is 0 Å². The molecule has 3 aromatic rings. The van der Waals surface area contributed by atoms with Crippen LogP contribution in [0.2, 0.25) is 0 Å². The van der Waals surface area contributed by atoms with Gasteiger partial charge in [-0.25, -0.2) is 0 Å². The van der Waals surface area contributed by atoms with Crippen LogP contribution in [0.1, 0.15) is 33.0 Å². The highest BCUT2D eigenvalue weighted by Gasteiger charge is 2.35. The molecule has 0 saturated carbocycles. The number of rotatable bonds is 3. The fourth-order valence-electron chi connectivity index (χ4n) is 3.22. The van der Waals surface area contributed by atoms with E-state index >= 15 is 0 Å². The van der Waals surface area contributed by atoms with Crippen LogP contribution in [-0.2, 0) is 12.0 Å². The molecule has 1 aliphatic carbocycles. The Morgan fingerprint density at radius 1 is 1.30 bits per heavy atom. The molecule has 3 nitrogen and oxygen atoms in total. The van der Waals surface area contributed by atoms with E-state index in [2.05, 4.69) is 5.32 Å². The molecular weight excluding hydrogens is 326 g/mol. The van der Waals surface area contributed by atoms with Gasteiger partial charge in [0, 0.05) is 9.58 Å². The van der Waals surface area contributed by atoms with Crippen molar-refractivity contribution < 1.29 is 9.90 Å². The Kier molecular flexibility index (Phi) is 3.71. The second-order valence-electron chi connectivity index (χ2n) is 5.97. The van der Waals surface area contributed by atoms with Crippen LogP contribution in [0.15, 0.2) is 41.8 Å². The van der Waals surface area contributed by atoms with E-state index in [0.29, 0.717) is 11.3 Å². The second-order valence-corrected chi connectivity index (χ2v) is 8.06. The van der Waals surface area contributed by atoms with Gasteiger partial charge in [0.2, 0.25) is 0 Å². The van der Waals surface area contributed by atoms with Crippen LogP contribution in [0, 0.1) is 0 Å². The molecule has 23 heavy (non-hydrogen) atoms. The average Bonchev–Trinajstić information content (AvgIpc) is 3.20. The van der Waals surface area contributed by atoms with Crippen LogP contribution in [-0.4, -0.2) is 17.6 Å². The molecule has 1 aliphatic rings. The molecule has 1 amide bonds. The minimum atomic E-state index is -0.931. The standard InChI is InChI=1S/C18H17NO2S2/c20-17(16-10-12-4-1-2-5-14(12)23-16)19-11-18(21)8-3-6-15-13(18)7-9-22-15/h1-2,4-5,7,9-10,21H,3,6,8,11H2,(H,19,20). The number of carbonyl (C=O) groups excluding carboxylic acids is 1. The largest absolute Gasteiger partial charge is 0.383 e. The first-order valence-electron chi connectivity index (χ1n) is 7.72. The number of benzene rings is 1. The molecule has 1 atom stereocenters. The van der Waals surface area contributed by atoms with Gasteiger partial charge in [-0.15, -0.1) is 22.7 Å². The smallest absolute Gasteiger partial charge is 0.261 e. The summed E-state index contributed by atoms with van der Waals surface area (Å²) in [5.74, 6) is -0.109. The highest BCUT2D eigenvalue weighted by Crippen LogP contribution is 2.37. The van der Waals surface area contributed by atoms with E-state index < -0.39 is 5.60 Å². The summed E-state index contributed by atoms with van der Waals surface area (Å²) in [5, 5.41) is 17.0. The van der Waals surface area contributed by atoms with Crippen LogP contribution in [0.3, 0.4) is 0 Å². The molecule has 0 radical (unpaired) electrons. The second kappa shape index (κ2) is 5.74. The van der Waals surface area contributed by atoms with E-state index in [9.17, 15) is 9.90 Å². The first-order valence-corrected chi connectivity index (χ1v) is 9.41. The van der Waals surface area contributed by atoms with Crippen molar-refractivity contribution >= 4 is 38.7 Å². The third-order valence-corrected chi connectivity index (χ3v) is 6.53. The average molecular weight is 343 g/mol. The van der Waals surface area contributed by atoms with Crippen LogP contribution in [0.5, 0.6) is 0 Å². The van der Waals surface area contributed by atoms with Gasteiger partial charge in [-0.05, 0) is 53.8 Å². The summed E-state index contributed by atoms with van der Waals surface area (Å²) in [6, 6.07) is 11.9. The lowest BCUT2D eigenvalue weighted by Crippen LogP contribution is -2.42. The number of hydrogen-bond acceptors (Lipinski definition) is 4. The molecule has 2 heterocycles. The number of carbonyl (C=O) groups is 1. The minimum Gasteiger partial charge on any atom is -0.383 e. The zero-order valence-corrected chi connectivity index (χ0v) is 14.2. The summed E-state index contributed by atoms with van der Waals surface area (Å²) < 4.78 is 1.11. The maximum Gasteiger partial charge on any atom is 0.261 e. The number of aliphatic hydroxyl groups is 1. The Morgan fingerprint density at radius 2 is 2.17 bits per heavy atom. The maximum absolute atomic E-state index is 12.4. The van der Waals surface area contributed by atoms with Crippen LogP contribution >= 0.6 is 22.7 Å². The number of thiophene rings is 2. The van der Waals surface area contributed by atoms with Crippen molar-refractivity contribution in [2.24, 2.45) is 0 Å². The summed E-state index contributed by atoms with van der Waals surface area (Å²) in [6.45, 7) is 0.268. The van der Waals surface area contributed by atoms with E-state index in [1.165, 1.54) is 16.2 Å². The van der Waals surface area contributed by atoms with E-state index in [1.54, 1.807) is 11.3 Å². The van der Waals surface area contributed by atoms with Gasteiger partial charge in [0.05, 0.1) is 11.4 Å². The maximum atomic E-state index is 12.4. The van der Waals surface area contributed by atoms with Crippen molar-refractivity contribution in [2.45, 2.75) is 24.9 Å². The number of hydrogen-bond donors (Lipinski definition) is 2. The normalized spacial score (nSPS) is 20.4. The van der Waals surface area contributed by atoms with Gasteiger partial charge >= 0.3 is 0 Å². The molecule has 1 unspecified atom stereocenters. The molecule has 1 aromatic carbocycles. The third kappa shape index (κ3) is 2.69. The van der Waals surface area contributed by atoms with Gasteiger partial charge < -0.3 is 10.4 Å². The summed E-state index contributed by atoms with van der Waals surface area (Å²) in [5.41, 5.74) is 0.0605. The molecule has 0 spiro atoms. The van der Waals surface area contributed by atoms with Crippen LogP contribution in [0.25, 0.3) is 10.1 Å². The Hall–Kier alpha value is -1.69. The fraction of sp³-hybridized carbons (Fsp3) is 0.278.